The number of rotatable bonds is 3. The van der Waals surface area contributed by atoms with E-state index in [0.717, 1.165) is 11.2 Å². The Bertz CT molecular complexity index is 801. The van der Waals surface area contributed by atoms with Crippen LogP contribution in [-0.4, -0.2) is 21.1 Å². The molecule has 0 aliphatic heterocycles. The molecular formula is C15H16N4O2. The van der Waals surface area contributed by atoms with E-state index in [9.17, 15) is 4.79 Å². The van der Waals surface area contributed by atoms with Crippen LogP contribution in [0.1, 0.15) is 41.8 Å². The van der Waals surface area contributed by atoms with Crippen LogP contribution >= 0.6 is 0 Å². The summed E-state index contributed by atoms with van der Waals surface area (Å²) in [6.45, 7) is 5.89. The standard InChI is InChI=1S/C15H16N4O2/c1-8(2)15-17-11-7-10(4-5-13(11)21-15)16-14(20)12-6-9(3)18-19-12/h4-8H,1-3H3,(H,16,20)(H,18,19). The second-order valence-corrected chi connectivity index (χ2v) is 5.28. The molecule has 3 aromatic rings. The summed E-state index contributed by atoms with van der Waals surface area (Å²) < 4.78 is 5.64. The van der Waals surface area contributed by atoms with Gasteiger partial charge >= 0.3 is 0 Å². The zero-order valence-electron chi connectivity index (χ0n) is 12.1. The molecule has 108 valence electrons. The Morgan fingerprint density at radius 3 is 2.81 bits per heavy atom. The van der Waals surface area contributed by atoms with Gasteiger partial charge < -0.3 is 9.73 Å². The van der Waals surface area contributed by atoms with Gasteiger partial charge in [-0.15, -0.1) is 0 Å². The molecule has 2 heterocycles. The third kappa shape index (κ3) is 2.65. The molecule has 21 heavy (non-hydrogen) atoms. The number of aromatic amines is 1. The van der Waals surface area contributed by atoms with Crippen LogP contribution in [0, 0.1) is 6.92 Å². The Hall–Kier alpha value is -2.63. The molecular weight excluding hydrogens is 268 g/mol. The first-order valence-electron chi connectivity index (χ1n) is 6.77. The Labute approximate surface area is 121 Å². The van der Waals surface area contributed by atoms with E-state index < -0.39 is 0 Å². The lowest BCUT2D eigenvalue weighted by Gasteiger charge is -2.01. The van der Waals surface area contributed by atoms with Crippen LogP contribution < -0.4 is 5.32 Å². The Kier molecular flexibility index (Phi) is 3.21. The van der Waals surface area contributed by atoms with Gasteiger partial charge in [0.2, 0.25) is 0 Å². The number of H-pyrrole nitrogens is 1. The first-order chi connectivity index (χ1) is 10.0. The molecule has 0 radical (unpaired) electrons. The van der Waals surface area contributed by atoms with E-state index in [1.54, 1.807) is 24.3 Å². The largest absolute Gasteiger partial charge is 0.440 e. The predicted molar refractivity (Wildman–Crippen MR) is 79.4 cm³/mol. The van der Waals surface area contributed by atoms with Gasteiger partial charge in [-0.05, 0) is 31.2 Å². The lowest BCUT2D eigenvalue weighted by Crippen LogP contribution is -2.12. The summed E-state index contributed by atoms with van der Waals surface area (Å²) in [5, 5.41) is 9.47. The molecule has 2 aromatic heterocycles. The van der Waals surface area contributed by atoms with Gasteiger partial charge in [-0.25, -0.2) is 4.98 Å². The highest BCUT2D eigenvalue weighted by atomic mass is 16.3. The number of carbonyl (C=O) groups excluding carboxylic acids is 1. The second-order valence-electron chi connectivity index (χ2n) is 5.28. The maximum Gasteiger partial charge on any atom is 0.276 e. The Morgan fingerprint density at radius 1 is 1.33 bits per heavy atom. The van der Waals surface area contributed by atoms with Crippen molar-refractivity contribution in [3.8, 4) is 0 Å². The van der Waals surface area contributed by atoms with Crippen LogP contribution in [0.25, 0.3) is 11.1 Å². The molecule has 6 heteroatoms. The monoisotopic (exact) mass is 284 g/mol. The molecule has 0 saturated heterocycles. The molecule has 0 unspecified atom stereocenters. The molecule has 3 rings (SSSR count). The highest BCUT2D eigenvalue weighted by molar-refractivity contribution is 6.03. The van der Waals surface area contributed by atoms with Crippen LogP contribution in [0.3, 0.4) is 0 Å². The Morgan fingerprint density at radius 2 is 2.14 bits per heavy atom. The number of amides is 1. The summed E-state index contributed by atoms with van der Waals surface area (Å²) in [7, 11) is 0. The fourth-order valence-electron chi connectivity index (χ4n) is 2.00. The number of aryl methyl sites for hydroxylation is 1. The molecule has 0 spiro atoms. The maximum absolute atomic E-state index is 12.0. The van der Waals surface area contributed by atoms with Crippen molar-refractivity contribution in [2.75, 3.05) is 5.32 Å². The van der Waals surface area contributed by atoms with Crippen molar-refractivity contribution in [1.29, 1.82) is 0 Å². The number of carbonyl (C=O) groups is 1. The second kappa shape index (κ2) is 5.05. The van der Waals surface area contributed by atoms with Gasteiger partial charge in [0.1, 0.15) is 5.52 Å². The van der Waals surface area contributed by atoms with Crippen molar-refractivity contribution >= 4 is 22.7 Å². The first kappa shape index (κ1) is 13.4. The van der Waals surface area contributed by atoms with Gasteiger partial charge in [-0.3, -0.25) is 9.89 Å². The van der Waals surface area contributed by atoms with Crippen LogP contribution in [-0.2, 0) is 0 Å². The summed E-state index contributed by atoms with van der Waals surface area (Å²) in [6, 6.07) is 7.08. The number of benzene rings is 1. The van der Waals surface area contributed by atoms with Gasteiger partial charge in [0.05, 0.1) is 0 Å². The molecule has 2 N–H and O–H groups in total. The van der Waals surface area contributed by atoms with E-state index in [4.69, 9.17) is 4.42 Å². The van der Waals surface area contributed by atoms with Gasteiger partial charge in [0.25, 0.3) is 5.91 Å². The minimum absolute atomic E-state index is 0.225. The van der Waals surface area contributed by atoms with Crippen LogP contribution in [0.4, 0.5) is 5.69 Å². The molecule has 0 bridgehead atoms. The fraction of sp³-hybridized carbons (Fsp3) is 0.267. The third-order valence-corrected chi connectivity index (χ3v) is 3.09. The van der Waals surface area contributed by atoms with E-state index in [1.165, 1.54) is 0 Å². The minimum Gasteiger partial charge on any atom is -0.440 e. The summed E-state index contributed by atoms with van der Waals surface area (Å²) in [5.41, 5.74) is 3.31. The number of aromatic nitrogens is 3. The predicted octanol–water partition coefficient (Wildman–Crippen LogP) is 3.24. The summed E-state index contributed by atoms with van der Waals surface area (Å²) in [4.78, 5) is 16.5. The molecule has 0 saturated carbocycles. The maximum atomic E-state index is 12.0. The quantitative estimate of drug-likeness (QED) is 0.773. The van der Waals surface area contributed by atoms with Crippen LogP contribution in [0.2, 0.25) is 0 Å². The summed E-state index contributed by atoms with van der Waals surface area (Å²) >= 11 is 0. The molecule has 0 atom stereocenters. The third-order valence-electron chi connectivity index (χ3n) is 3.09. The van der Waals surface area contributed by atoms with Crippen LogP contribution in [0.5, 0.6) is 0 Å². The molecule has 0 aliphatic carbocycles. The van der Waals surface area contributed by atoms with Gasteiger partial charge in [-0.2, -0.15) is 5.10 Å². The number of fused-ring (bicyclic) bond motifs is 1. The van der Waals surface area contributed by atoms with Crippen molar-refractivity contribution in [3.63, 3.8) is 0 Å². The number of nitrogens with zero attached hydrogens (tertiary/aromatic N) is 2. The van der Waals surface area contributed by atoms with Gasteiger partial charge in [0.15, 0.2) is 17.2 Å². The number of hydrogen-bond donors (Lipinski definition) is 2. The number of nitrogens with one attached hydrogen (secondary N) is 2. The van der Waals surface area contributed by atoms with Crippen molar-refractivity contribution in [2.45, 2.75) is 26.7 Å². The smallest absolute Gasteiger partial charge is 0.276 e. The molecule has 6 nitrogen and oxygen atoms in total. The highest BCUT2D eigenvalue weighted by Gasteiger charge is 2.12. The Balaban J connectivity index is 1.85. The summed E-state index contributed by atoms with van der Waals surface area (Å²) in [5.74, 6) is 0.658. The van der Waals surface area contributed by atoms with E-state index in [1.807, 2.05) is 20.8 Å². The minimum atomic E-state index is -0.258. The lowest BCUT2D eigenvalue weighted by molar-refractivity contribution is 0.102. The molecule has 1 amide bonds. The normalized spacial score (nSPS) is 11.2. The number of oxazole rings is 1. The van der Waals surface area contributed by atoms with E-state index in [0.29, 0.717) is 22.9 Å². The average molecular weight is 284 g/mol. The van der Waals surface area contributed by atoms with Crippen molar-refractivity contribution in [3.05, 3.63) is 41.5 Å². The molecule has 0 aliphatic rings. The average Bonchev–Trinajstić information content (AvgIpc) is 3.04. The summed E-state index contributed by atoms with van der Waals surface area (Å²) in [6.07, 6.45) is 0. The van der Waals surface area contributed by atoms with Gasteiger partial charge in [0, 0.05) is 17.3 Å². The van der Waals surface area contributed by atoms with Gasteiger partial charge in [-0.1, -0.05) is 13.8 Å². The number of anilines is 1. The van der Waals surface area contributed by atoms with Crippen molar-refractivity contribution < 1.29 is 9.21 Å². The zero-order valence-corrected chi connectivity index (χ0v) is 12.1. The van der Waals surface area contributed by atoms with E-state index in [-0.39, 0.29) is 11.8 Å². The SMILES string of the molecule is Cc1cc(C(=O)Nc2ccc3oc(C(C)C)nc3c2)n[nH]1. The van der Waals surface area contributed by atoms with Crippen molar-refractivity contribution in [2.24, 2.45) is 0 Å². The highest BCUT2D eigenvalue weighted by Crippen LogP contribution is 2.23. The molecule has 1 aromatic carbocycles. The van der Waals surface area contributed by atoms with Crippen LogP contribution in [0.15, 0.2) is 28.7 Å². The topological polar surface area (TPSA) is 83.8 Å². The fourth-order valence-corrected chi connectivity index (χ4v) is 2.00. The van der Waals surface area contributed by atoms with E-state index >= 15 is 0 Å². The van der Waals surface area contributed by atoms with E-state index in [2.05, 4.69) is 20.5 Å². The zero-order chi connectivity index (χ0) is 15.0. The van der Waals surface area contributed by atoms with Crippen molar-refractivity contribution in [1.82, 2.24) is 15.2 Å². The first-order valence-corrected chi connectivity index (χ1v) is 6.77. The molecule has 0 fully saturated rings. The lowest BCUT2D eigenvalue weighted by atomic mass is 10.2. The number of hydrogen-bond acceptors (Lipinski definition) is 4.